The van der Waals surface area contributed by atoms with Crippen LogP contribution in [0.4, 0.5) is 4.39 Å². The highest BCUT2D eigenvalue weighted by molar-refractivity contribution is 6.31. The fourth-order valence-electron chi connectivity index (χ4n) is 3.26. The molecule has 1 N–H and O–H groups in total. The van der Waals surface area contributed by atoms with Gasteiger partial charge in [0.2, 0.25) is 0 Å². The Hall–Kier alpha value is -2.89. The maximum Gasteiger partial charge on any atom is 0.298 e. The van der Waals surface area contributed by atoms with Crippen LogP contribution in [0, 0.1) is 12.7 Å². The van der Waals surface area contributed by atoms with Gasteiger partial charge in [0.25, 0.3) is 5.91 Å². The predicted octanol–water partition coefficient (Wildman–Crippen LogP) is 5.18. The van der Waals surface area contributed by atoms with Crippen molar-refractivity contribution in [2.24, 2.45) is 0 Å². The summed E-state index contributed by atoms with van der Waals surface area (Å²) in [5.74, 6) is -0.312. The van der Waals surface area contributed by atoms with E-state index in [1.54, 1.807) is 19.1 Å². The minimum absolute atomic E-state index is 0.0170. The number of carbonyl (C=O) groups is 1. The fourth-order valence-corrected chi connectivity index (χ4v) is 3.44. The van der Waals surface area contributed by atoms with Gasteiger partial charge in [-0.1, -0.05) is 29.8 Å². The van der Waals surface area contributed by atoms with E-state index < -0.39 is 5.82 Å². The number of aliphatic hydroxyl groups is 1. The average Bonchev–Trinajstić information content (AvgIpc) is 3.26. The zero-order valence-corrected chi connectivity index (χ0v) is 15.1. The molecule has 0 fully saturated rings. The SMILES string of the molecule is Cc1c(CO)c2ccccc2n1C(=O)c1ccc(-c2ccc(F)c(Cl)c2)o1. The molecule has 0 saturated heterocycles. The number of hydrogen-bond acceptors (Lipinski definition) is 3. The molecule has 0 spiro atoms. The summed E-state index contributed by atoms with van der Waals surface area (Å²) in [6.45, 7) is 1.62. The zero-order chi connectivity index (χ0) is 19.1. The van der Waals surface area contributed by atoms with Gasteiger partial charge >= 0.3 is 0 Å². The summed E-state index contributed by atoms with van der Waals surface area (Å²) < 4.78 is 20.6. The highest BCUT2D eigenvalue weighted by Crippen LogP contribution is 2.30. The molecule has 0 atom stereocenters. The van der Waals surface area contributed by atoms with Crippen molar-refractivity contribution in [3.8, 4) is 11.3 Å². The number of benzene rings is 2. The van der Waals surface area contributed by atoms with E-state index in [2.05, 4.69) is 0 Å². The lowest BCUT2D eigenvalue weighted by molar-refractivity contribution is 0.0936. The van der Waals surface area contributed by atoms with Crippen LogP contribution >= 0.6 is 11.6 Å². The van der Waals surface area contributed by atoms with Crippen LogP contribution in [0.5, 0.6) is 0 Å². The molecule has 6 heteroatoms. The molecular formula is C21H15ClFNO3. The summed E-state index contributed by atoms with van der Waals surface area (Å²) in [4.78, 5) is 13.1. The number of furan rings is 1. The summed E-state index contributed by atoms with van der Waals surface area (Å²) in [6.07, 6.45) is 0. The van der Waals surface area contributed by atoms with Crippen LogP contribution in [0.3, 0.4) is 0 Å². The van der Waals surface area contributed by atoms with Gasteiger partial charge in [-0.05, 0) is 43.3 Å². The second-order valence-electron chi connectivity index (χ2n) is 6.17. The van der Waals surface area contributed by atoms with Gasteiger partial charge in [-0.25, -0.2) is 4.39 Å². The van der Waals surface area contributed by atoms with Gasteiger partial charge < -0.3 is 9.52 Å². The first kappa shape index (κ1) is 17.5. The van der Waals surface area contributed by atoms with Gasteiger partial charge in [-0.3, -0.25) is 9.36 Å². The molecule has 2 aromatic carbocycles. The third-order valence-corrected chi connectivity index (χ3v) is 4.91. The van der Waals surface area contributed by atoms with Crippen LogP contribution in [-0.2, 0) is 6.61 Å². The van der Waals surface area contributed by atoms with Gasteiger partial charge in [0.15, 0.2) is 5.76 Å². The normalized spacial score (nSPS) is 11.3. The molecule has 0 radical (unpaired) electrons. The van der Waals surface area contributed by atoms with Crippen LogP contribution < -0.4 is 0 Å². The Labute approximate surface area is 159 Å². The molecule has 4 aromatic rings. The third-order valence-electron chi connectivity index (χ3n) is 4.62. The number of nitrogens with zero attached hydrogens (tertiary/aromatic N) is 1. The fraction of sp³-hybridized carbons (Fsp3) is 0.0952. The number of rotatable bonds is 3. The molecular weight excluding hydrogens is 369 g/mol. The Balaban J connectivity index is 1.79. The van der Waals surface area contributed by atoms with Crippen molar-refractivity contribution < 1.29 is 18.7 Å². The Morgan fingerprint density at radius 2 is 1.96 bits per heavy atom. The molecule has 27 heavy (non-hydrogen) atoms. The first-order valence-electron chi connectivity index (χ1n) is 8.31. The van der Waals surface area contributed by atoms with Crippen LogP contribution in [0.25, 0.3) is 22.2 Å². The number of hydrogen-bond donors (Lipinski definition) is 1. The first-order chi connectivity index (χ1) is 13.0. The summed E-state index contributed by atoms with van der Waals surface area (Å²) in [5.41, 5.74) is 2.64. The van der Waals surface area contributed by atoms with Gasteiger partial charge in [-0.2, -0.15) is 0 Å². The Kier molecular flexibility index (Phi) is 4.34. The number of para-hydroxylation sites is 1. The molecule has 2 aromatic heterocycles. The van der Waals surface area contributed by atoms with Crippen molar-refractivity contribution in [3.63, 3.8) is 0 Å². The van der Waals surface area contributed by atoms with E-state index in [9.17, 15) is 14.3 Å². The average molecular weight is 384 g/mol. The molecule has 0 aliphatic heterocycles. The molecule has 136 valence electrons. The third kappa shape index (κ3) is 2.85. The van der Waals surface area contributed by atoms with Crippen molar-refractivity contribution in [1.29, 1.82) is 0 Å². The van der Waals surface area contributed by atoms with Gasteiger partial charge in [-0.15, -0.1) is 0 Å². The van der Waals surface area contributed by atoms with E-state index in [-0.39, 0.29) is 23.3 Å². The van der Waals surface area contributed by atoms with Gasteiger partial charge in [0.1, 0.15) is 11.6 Å². The molecule has 0 amide bonds. The monoisotopic (exact) mass is 383 g/mol. The highest BCUT2D eigenvalue weighted by atomic mass is 35.5. The number of fused-ring (bicyclic) bond motifs is 1. The Bertz CT molecular complexity index is 1180. The topological polar surface area (TPSA) is 55.4 Å². The second kappa shape index (κ2) is 6.68. The number of aliphatic hydroxyl groups excluding tert-OH is 1. The van der Waals surface area contributed by atoms with Gasteiger partial charge in [0.05, 0.1) is 17.1 Å². The maximum absolute atomic E-state index is 13.4. The van der Waals surface area contributed by atoms with Crippen molar-refractivity contribution in [2.75, 3.05) is 0 Å². The van der Waals surface area contributed by atoms with Crippen molar-refractivity contribution in [3.05, 3.63) is 82.5 Å². The van der Waals surface area contributed by atoms with Crippen LogP contribution in [0.2, 0.25) is 5.02 Å². The largest absolute Gasteiger partial charge is 0.451 e. The van der Waals surface area contributed by atoms with Crippen LogP contribution in [-0.4, -0.2) is 15.6 Å². The molecule has 4 rings (SSSR count). The molecule has 0 aliphatic rings. The molecule has 0 aliphatic carbocycles. The molecule has 0 unspecified atom stereocenters. The van der Waals surface area contributed by atoms with E-state index in [0.717, 1.165) is 5.39 Å². The number of halogens is 2. The van der Waals surface area contributed by atoms with Crippen LogP contribution in [0.1, 0.15) is 21.8 Å². The Morgan fingerprint density at radius 3 is 2.70 bits per heavy atom. The molecule has 0 bridgehead atoms. The first-order valence-corrected chi connectivity index (χ1v) is 8.68. The standard InChI is InChI=1S/C21H15ClFNO3/c1-12-15(11-25)14-4-2-3-5-18(14)24(12)21(26)20-9-8-19(27-20)13-6-7-17(23)16(22)10-13/h2-10,25H,11H2,1H3. The minimum atomic E-state index is -0.519. The van der Waals surface area contributed by atoms with Crippen molar-refractivity contribution in [1.82, 2.24) is 4.57 Å². The summed E-state index contributed by atoms with van der Waals surface area (Å²) in [5, 5.41) is 10.5. The smallest absolute Gasteiger partial charge is 0.298 e. The summed E-state index contributed by atoms with van der Waals surface area (Å²) in [6, 6.07) is 14.8. The second-order valence-corrected chi connectivity index (χ2v) is 6.58. The Morgan fingerprint density at radius 1 is 1.19 bits per heavy atom. The van der Waals surface area contributed by atoms with Crippen LogP contribution in [0.15, 0.2) is 59.0 Å². The van der Waals surface area contributed by atoms with E-state index in [1.807, 2.05) is 24.3 Å². The lowest BCUT2D eigenvalue weighted by atomic mass is 10.1. The summed E-state index contributed by atoms with van der Waals surface area (Å²) >= 11 is 5.82. The lowest BCUT2D eigenvalue weighted by Crippen LogP contribution is -2.12. The van der Waals surface area contributed by atoms with E-state index in [1.165, 1.54) is 22.8 Å². The van der Waals surface area contributed by atoms with Gasteiger partial charge in [0, 0.05) is 22.2 Å². The maximum atomic E-state index is 13.4. The molecule has 2 heterocycles. The number of carbonyl (C=O) groups excluding carboxylic acids is 1. The van der Waals surface area contributed by atoms with Crippen molar-refractivity contribution in [2.45, 2.75) is 13.5 Å². The minimum Gasteiger partial charge on any atom is -0.451 e. The number of aromatic nitrogens is 1. The highest BCUT2D eigenvalue weighted by Gasteiger charge is 2.21. The molecule has 0 saturated carbocycles. The van der Waals surface area contributed by atoms with E-state index in [0.29, 0.717) is 28.1 Å². The summed E-state index contributed by atoms with van der Waals surface area (Å²) in [7, 11) is 0. The zero-order valence-electron chi connectivity index (χ0n) is 14.4. The van der Waals surface area contributed by atoms with Crippen molar-refractivity contribution >= 4 is 28.4 Å². The lowest BCUT2D eigenvalue weighted by Gasteiger charge is -2.05. The van der Waals surface area contributed by atoms with E-state index >= 15 is 0 Å². The van der Waals surface area contributed by atoms with E-state index in [4.69, 9.17) is 16.0 Å². The predicted molar refractivity (Wildman–Crippen MR) is 101 cm³/mol. The molecule has 4 nitrogen and oxygen atoms in total. The quantitative estimate of drug-likeness (QED) is 0.530.